The van der Waals surface area contributed by atoms with Crippen LogP contribution in [0.3, 0.4) is 0 Å². The van der Waals surface area contributed by atoms with Gasteiger partial charge in [-0.25, -0.2) is 56.2 Å². The highest BCUT2D eigenvalue weighted by molar-refractivity contribution is 6.03. The number of aryl methyl sites for hydroxylation is 6. The third kappa shape index (κ3) is 16.7. The molecule has 12 rings (SSSR count). The van der Waals surface area contributed by atoms with Crippen LogP contribution >= 0.6 is 0 Å². The average Bonchev–Trinajstić information content (AvgIpc) is 2.09. The van der Waals surface area contributed by atoms with Crippen LogP contribution in [-0.2, 0) is 55.3 Å². The Kier molecular flexibility index (Phi) is 20.5. The number of pyridine rings is 3. The Morgan fingerprint density at radius 2 is 0.667 bits per heavy atom. The fourth-order valence-corrected chi connectivity index (χ4v) is 9.80. The number of hydrogen-bond acceptors (Lipinski definition) is 18. The first kappa shape index (κ1) is 67.1. The maximum absolute atomic E-state index is 13.4. The van der Waals surface area contributed by atoms with E-state index in [1.807, 2.05) is 0 Å². The number of nitrogens with one attached hydrogen (secondary N) is 3. The van der Waals surface area contributed by atoms with Crippen molar-refractivity contribution in [2.75, 3.05) is 0 Å². The Labute approximate surface area is 541 Å². The summed E-state index contributed by atoms with van der Waals surface area (Å²) in [4.78, 5) is 115. The SMILES string of the molecule is Cc1nc(C(=O)NCc2ccc(F)c(F)c2)cc(C2=NOC(c3ccc(=O)n(C)c3)C2)n1.Cc1nc(C(=O)NCc2ccc(F)c(F)c2)cc(C2=NO[C@@H](c3ccc(=O)n(C)c3)C2)n1.Cc1nc(C(=O)NCc2ccc(F)c(F)c2)cc(C2=NO[C@H](c3ccc(=O)n(C)c3)C2)n1. The van der Waals surface area contributed by atoms with Gasteiger partial charge >= 0.3 is 0 Å². The fraction of sp³-hybridized carbons (Fsp3) is 0.227. The monoisotopic (exact) mass is 1320 g/mol. The second kappa shape index (κ2) is 29.4. The molecule has 3 aliphatic rings. The molecule has 0 aliphatic carbocycles. The number of rotatable bonds is 15. The Morgan fingerprint density at radius 3 is 0.917 bits per heavy atom. The van der Waals surface area contributed by atoms with Crippen LogP contribution in [0.15, 0.2) is 158 Å². The van der Waals surface area contributed by atoms with Crippen LogP contribution in [0.1, 0.15) is 137 Å². The molecule has 0 saturated heterocycles. The normalized spacial score (nSPS) is 15.2. The summed E-state index contributed by atoms with van der Waals surface area (Å²) in [6, 6.07) is 24.2. The molecule has 9 aromatic rings. The summed E-state index contributed by atoms with van der Waals surface area (Å²) in [5, 5.41) is 20.2. The predicted octanol–water partition coefficient (Wildman–Crippen LogP) is 7.67. The molecule has 0 saturated carbocycles. The van der Waals surface area contributed by atoms with Crippen molar-refractivity contribution in [1.29, 1.82) is 0 Å². The zero-order valence-corrected chi connectivity index (χ0v) is 51.9. The van der Waals surface area contributed by atoms with Crippen LogP contribution in [0.5, 0.6) is 0 Å². The Hall–Kier alpha value is -11.9. The zero-order chi connectivity index (χ0) is 68.5. The van der Waals surface area contributed by atoms with Gasteiger partial charge in [0.15, 0.2) is 53.2 Å². The summed E-state index contributed by atoms with van der Waals surface area (Å²) in [5.74, 6) is -6.17. The highest BCUT2D eigenvalue weighted by Crippen LogP contribution is 2.31. The molecule has 3 aromatic carbocycles. The number of halogens is 6. The third-order valence-corrected chi connectivity index (χ3v) is 14.9. The number of amides is 3. The van der Waals surface area contributed by atoms with E-state index in [0.29, 0.717) is 87.6 Å². The second-order valence-electron chi connectivity index (χ2n) is 22.1. The molecule has 30 heteroatoms. The van der Waals surface area contributed by atoms with Crippen molar-refractivity contribution < 1.29 is 55.2 Å². The van der Waals surface area contributed by atoms with E-state index in [0.717, 1.165) is 53.1 Å². The third-order valence-electron chi connectivity index (χ3n) is 14.9. The number of nitrogens with zero attached hydrogens (tertiary/aromatic N) is 12. The number of carbonyl (C=O) groups is 3. The van der Waals surface area contributed by atoms with Gasteiger partial charge in [0.1, 0.15) is 51.7 Å². The van der Waals surface area contributed by atoms with Crippen molar-refractivity contribution >= 4 is 34.9 Å². The summed E-state index contributed by atoms with van der Waals surface area (Å²) < 4.78 is 83.6. The van der Waals surface area contributed by atoms with E-state index >= 15 is 0 Å². The molecule has 3 aliphatic heterocycles. The number of oxime groups is 3. The molecule has 3 N–H and O–H groups in total. The Balaban J connectivity index is 0.000000157. The predicted molar refractivity (Wildman–Crippen MR) is 333 cm³/mol. The van der Waals surface area contributed by atoms with E-state index in [2.05, 4.69) is 61.3 Å². The second-order valence-corrected chi connectivity index (χ2v) is 22.1. The largest absolute Gasteiger partial charge is 0.387 e. The van der Waals surface area contributed by atoms with Crippen LogP contribution in [0.2, 0.25) is 0 Å². The van der Waals surface area contributed by atoms with Crippen LogP contribution in [0, 0.1) is 55.7 Å². The molecule has 96 heavy (non-hydrogen) atoms. The van der Waals surface area contributed by atoms with Crippen LogP contribution < -0.4 is 32.6 Å². The molecule has 492 valence electrons. The smallest absolute Gasteiger partial charge is 0.270 e. The summed E-state index contributed by atoms with van der Waals surface area (Å²) >= 11 is 0. The van der Waals surface area contributed by atoms with E-state index in [9.17, 15) is 55.1 Å². The molecule has 9 heterocycles. The topological polar surface area (TPSA) is 295 Å². The molecule has 24 nitrogen and oxygen atoms in total. The fourth-order valence-electron chi connectivity index (χ4n) is 9.80. The lowest BCUT2D eigenvalue weighted by molar-refractivity contribution is 0.0851. The van der Waals surface area contributed by atoms with Gasteiger partial charge in [-0.05, 0) is 110 Å². The van der Waals surface area contributed by atoms with Crippen molar-refractivity contribution in [3.63, 3.8) is 0 Å². The van der Waals surface area contributed by atoms with E-state index in [1.165, 1.54) is 68.3 Å². The van der Waals surface area contributed by atoms with Gasteiger partial charge in [-0.3, -0.25) is 28.8 Å². The molecule has 3 amide bonds. The van der Waals surface area contributed by atoms with Crippen LogP contribution in [0.4, 0.5) is 26.3 Å². The highest BCUT2D eigenvalue weighted by Gasteiger charge is 2.30. The van der Waals surface area contributed by atoms with Gasteiger partial charge < -0.3 is 44.2 Å². The first-order valence-electron chi connectivity index (χ1n) is 29.3. The molecule has 0 bridgehead atoms. The minimum Gasteiger partial charge on any atom is -0.387 e. The molecular formula is C66H57F6N15O9. The Morgan fingerprint density at radius 1 is 0.396 bits per heavy atom. The van der Waals surface area contributed by atoms with Gasteiger partial charge in [0.2, 0.25) is 16.7 Å². The standard InChI is InChI=1S/3C22H19F2N5O3/c3*1-12-26-17(18-9-20(32-28-18)14-4-6-21(30)29(2)11-14)8-19(27-12)22(31)25-10-13-3-5-15(23)16(24)7-13/h3*3-8,11,20H,9-10H2,1-2H3,(H,25,31)/t2*20-;/m10./s1. The number of benzene rings is 3. The maximum atomic E-state index is 13.4. The molecule has 3 atom stereocenters. The van der Waals surface area contributed by atoms with Gasteiger partial charge in [-0.15, -0.1) is 0 Å². The van der Waals surface area contributed by atoms with Crippen molar-refractivity contribution in [1.82, 2.24) is 59.6 Å². The van der Waals surface area contributed by atoms with Gasteiger partial charge in [-0.2, -0.15) is 0 Å². The van der Waals surface area contributed by atoms with E-state index in [-0.39, 0.29) is 71.7 Å². The first-order chi connectivity index (χ1) is 45.9. The molecule has 0 spiro atoms. The Bertz CT molecular complexity index is 4340. The molecule has 0 radical (unpaired) electrons. The van der Waals surface area contributed by atoms with E-state index in [4.69, 9.17) is 14.5 Å². The molecule has 1 unspecified atom stereocenters. The van der Waals surface area contributed by atoms with Gasteiger partial charge in [-0.1, -0.05) is 33.7 Å². The van der Waals surface area contributed by atoms with Crippen molar-refractivity contribution in [2.45, 2.75) is 78.0 Å². The lowest BCUT2D eigenvalue weighted by Crippen LogP contribution is -2.25. The molecule has 0 fully saturated rings. The average molecular weight is 1320 g/mol. The summed E-state index contributed by atoms with van der Waals surface area (Å²) in [6.07, 6.45) is 5.16. The molecule has 6 aromatic heterocycles. The quantitative estimate of drug-likeness (QED) is 0.0830. The van der Waals surface area contributed by atoms with Crippen molar-refractivity contribution in [2.24, 2.45) is 36.6 Å². The van der Waals surface area contributed by atoms with E-state index < -0.39 is 52.6 Å². The number of carbonyl (C=O) groups excluding carboxylic acids is 3. The lowest BCUT2D eigenvalue weighted by Gasteiger charge is -2.09. The van der Waals surface area contributed by atoms with Crippen molar-refractivity contribution in [3.8, 4) is 0 Å². The van der Waals surface area contributed by atoms with Gasteiger partial charge in [0, 0.05) is 114 Å². The highest BCUT2D eigenvalue weighted by atomic mass is 19.2. The molecular weight excluding hydrogens is 1260 g/mol. The summed E-state index contributed by atoms with van der Waals surface area (Å²) in [6.45, 7) is 4.97. The first-order valence-corrected chi connectivity index (χ1v) is 29.3. The minimum absolute atomic E-state index is 0.00722. The maximum Gasteiger partial charge on any atom is 0.270 e. The number of hydrogen-bond donors (Lipinski definition) is 3. The van der Waals surface area contributed by atoms with Crippen LogP contribution in [-0.4, -0.2) is 78.5 Å². The van der Waals surface area contributed by atoms with E-state index in [1.54, 1.807) is 78.7 Å². The summed E-state index contributed by atoms with van der Waals surface area (Å²) in [5.41, 5.74) is 6.56. The summed E-state index contributed by atoms with van der Waals surface area (Å²) in [7, 11) is 4.96. The van der Waals surface area contributed by atoms with Gasteiger partial charge in [0.05, 0.1) is 17.1 Å². The lowest BCUT2D eigenvalue weighted by atomic mass is 10.0. The van der Waals surface area contributed by atoms with Crippen molar-refractivity contribution in [3.05, 3.63) is 279 Å². The zero-order valence-electron chi connectivity index (χ0n) is 51.9. The van der Waals surface area contributed by atoms with Gasteiger partial charge in [0.25, 0.3) is 17.7 Å². The minimum atomic E-state index is -0.982. The van der Waals surface area contributed by atoms with Crippen LogP contribution in [0.25, 0.3) is 0 Å². The number of aromatic nitrogens is 9.